The molecule has 0 saturated carbocycles. The molecule has 0 saturated heterocycles. The number of hydrogen-bond acceptors (Lipinski definition) is 4. The average Bonchev–Trinajstić information content (AvgIpc) is 2.35. The van der Waals surface area contributed by atoms with E-state index in [1.807, 2.05) is 6.07 Å². The van der Waals surface area contributed by atoms with Crippen molar-refractivity contribution in [3.8, 4) is 6.07 Å². The van der Waals surface area contributed by atoms with Crippen LogP contribution in [0.3, 0.4) is 0 Å². The topological polar surface area (TPSA) is 56.9 Å². The molecule has 1 heterocycles. The summed E-state index contributed by atoms with van der Waals surface area (Å²) in [6.07, 6.45) is 4.45. The molecule has 1 aromatic rings. The van der Waals surface area contributed by atoms with Gasteiger partial charge in [-0.3, -0.25) is 0 Å². The van der Waals surface area contributed by atoms with Gasteiger partial charge in [0.2, 0.25) is 0 Å². The first-order valence-corrected chi connectivity index (χ1v) is 6.50. The van der Waals surface area contributed by atoms with Gasteiger partial charge in [-0.1, -0.05) is 0 Å². The zero-order chi connectivity index (χ0) is 11.4. The van der Waals surface area contributed by atoms with Gasteiger partial charge in [0.1, 0.15) is 11.1 Å². The first-order valence-electron chi connectivity index (χ1n) is 5.51. The zero-order valence-corrected chi connectivity index (χ0v) is 9.89. The van der Waals surface area contributed by atoms with Crippen molar-refractivity contribution in [3.63, 3.8) is 0 Å². The molecule has 3 nitrogen and oxygen atoms in total. The van der Waals surface area contributed by atoms with Crippen molar-refractivity contribution in [1.29, 1.82) is 5.26 Å². The number of aliphatic hydroxyl groups is 1. The predicted molar refractivity (Wildman–Crippen MR) is 63.4 cm³/mol. The van der Waals surface area contributed by atoms with Crippen molar-refractivity contribution in [2.24, 2.45) is 0 Å². The number of thioether (sulfide) groups is 1. The minimum absolute atomic E-state index is 0.119. The van der Waals surface area contributed by atoms with Gasteiger partial charge >= 0.3 is 0 Å². The normalized spacial score (nSPS) is 14.2. The first kappa shape index (κ1) is 11.4. The van der Waals surface area contributed by atoms with Crippen LogP contribution < -0.4 is 0 Å². The van der Waals surface area contributed by atoms with Crippen LogP contribution in [-0.2, 0) is 12.8 Å². The summed E-state index contributed by atoms with van der Waals surface area (Å²) in [6.45, 7) is 0.119. The summed E-state index contributed by atoms with van der Waals surface area (Å²) in [5, 5.41) is 18.6. The molecule has 1 aliphatic rings. The van der Waals surface area contributed by atoms with Gasteiger partial charge in [-0.15, -0.1) is 11.8 Å². The minimum atomic E-state index is 0.119. The molecule has 84 valence electrons. The maximum absolute atomic E-state index is 9.05. The summed E-state index contributed by atoms with van der Waals surface area (Å²) in [7, 11) is 0. The van der Waals surface area contributed by atoms with Crippen LogP contribution in [0.4, 0.5) is 0 Å². The van der Waals surface area contributed by atoms with Gasteiger partial charge in [0.25, 0.3) is 0 Å². The van der Waals surface area contributed by atoms with Crippen LogP contribution in [0.1, 0.15) is 29.7 Å². The fourth-order valence-corrected chi connectivity index (χ4v) is 2.67. The number of hydrogen-bond donors (Lipinski definition) is 1. The summed E-state index contributed by atoms with van der Waals surface area (Å²) >= 11 is 1.46. The van der Waals surface area contributed by atoms with Gasteiger partial charge in [0.15, 0.2) is 0 Å². The van der Waals surface area contributed by atoms with E-state index in [0.29, 0.717) is 11.3 Å². The van der Waals surface area contributed by atoms with Crippen molar-refractivity contribution < 1.29 is 5.11 Å². The van der Waals surface area contributed by atoms with Crippen LogP contribution in [0.2, 0.25) is 0 Å². The Morgan fingerprint density at radius 2 is 2.25 bits per heavy atom. The predicted octanol–water partition coefficient (Wildman–Crippen LogP) is 1.92. The van der Waals surface area contributed by atoms with E-state index in [-0.39, 0.29) is 6.61 Å². The van der Waals surface area contributed by atoms with Crippen LogP contribution in [0.5, 0.6) is 0 Å². The van der Waals surface area contributed by atoms with E-state index in [4.69, 9.17) is 10.4 Å². The molecule has 0 atom stereocenters. The van der Waals surface area contributed by atoms with E-state index in [1.165, 1.54) is 30.2 Å². The number of aryl methyl sites for hydroxylation is 2. The van der Waals surface area contributed by atoms with Crippen molar-refractivity contribution in [1.82, 2.24) is 4.98 Å². The molecule has 0 amide bonds. The van der Waals surface area contributed by atoms with Gasteiger partial charge < -0.3 is 5.11 Å². The van der Waals surface area contributed by atoms with E-state index in [2.05, 4.69) is 11.1 Å². The number of nitrogens with zero attached hydrogens (tertiary/aromatic N) is 2. The molecule has 1 N–H and O–H groups in total. The van der Waals surface area contributed by atoms with Gasteiger partial charge in [0.05, 0.1) is 12.2 Å². The second-order valence-electron chi connectivity index (χ2n) is 3.84. The lowest BCUT2D eigenvalue weighted by molar-refractivity contribution is 0.322. The molecule has 0 aromatic carbocycles. The molecule has 1 aromatic heterocycles. The Morgan fingerprint density at radius 3 is 3.00 bits per heavy atom. The highest BCUT2D eigenvalue weighted by Crippen LogP contribution is 2.26. The maximum Gasteiger partial charge on any atom is 0.114 e. The van der Waals surface area contributed by atoms with Gasteiger partial charge in [-0.25, -0.2) is 4.98 Å². The Kier molecular flexibility index (Phi) is 3.81. The fraction of sp³-hybridized carbons (Fsp3) is 0.500. The quantitative estimate of drug-likeness (QED) is 0.812. The Morgan fingerprint density at radius 1 is 1.44 bits per heavy atom. The molecule has 0 aliphatic heterocycles. The van der Waals surface area contributed by atoms with Crippen molar-refractivity contribution in [3.05, 3.63) is 22.9 Å². The summed E-state index contributed by atoms with van der Waals surface area (Å²) < 4.78 is 0. The van der Waals surface area contributed by atoms with Crippen LogP contribution in [0.15, 0.2) is 11.1 Å². The number of aliphatic hydroxyl groups excluding tert-OH is 1. The average molecular weight is 234 g/mol. The van der Waals surface area contributed by atoms with E-state index in [1.54, 1.807) is 0 Å². The minimum Gasteiger partial charge on any atom is -0.396 e. The molecule has 0 unspecified atom stereocenters. The zero-order valence-electron chi connectivity index (χ0n) is 9.07. The van der Waals surface area contributed by atoms with Crippen LogP contribution >= 0.6 is 11.8 Å². The second kappa shape index (κ2) is 5.33. The fourth-order valence-electron chi connectivity index (χ4n) is 1.95. The molecular formula is C12H14N2OS. The molecule has 1 aliphatic carbocycles. The number of rotatable bonds is 3. The van der Waals surface area contributed by atoms with Gasteiger partial charge in [0, 0.05) is 11.4 Å². The van der Waals surface area contributed by atoms with Gasteiger partial charge in [-0.05, 0) is 37.3 Å². The summed E-state index contributed by atoms with van der Waals surface area (Å²) in [5.41, 5.74) is 3.03. The summed E-state index contributed by atoms with van der Waals surface area (Å²) in [4.78, 5) is 4.55. The second-order valence-corrected chi connectivity index (χ2v) is 4.92. The summed E-state index contributed by atoms with van der Waals surface area (Å²) in [6, 6.07) is 4.16. The Balaban J connectivity index is 2.32. The number of aromatic nitrogens is 1. The monoisotopic (exact) mass is 234 g/mol. The van der Waals surface area contributed by atoms with Crippen LogP contribution in [-0.4, -0.2) is 22.5 Å². The van der Waals surface area contributed by atoms with Crippen molar-refractivity contribution in [2.75, 3.05) is 12.4 Å². The Hall–Kier alpha value is -1.05. The maximum atomic E-state index is 9.05. The number of nitriles is 1. The third-order valence-electron chi connectivity index (χ3n) is 2.72. The highest BCUT2D eigenvalue weighted by Gasteiger charge is 2.14. The Labute approximate surface area is 99.5 Å². The molecule has 0 bridgehead atoms. The molecule has 2 rings (SSSR count). The highest BCUT2D eigenvalue weighted by atomic mass is 32.2. The van der Waals surface area contributed by atoms with E-state index in [9.17, 15) is 0 Å². The lowest BCUT2D eigenvalue weighted by Crippen LogP contribution is -2.07. The third-order valence-corrected chi connectivity index (χ3v) is 3.69. The number of pyridine rings is 1. The SMILES string of the molecule is N#Cc1cc2c(nc1SCCO)CCCC2. The van der Waals surface area contributed by atoms with Crippen molar-refractivity contribution in [2.45, 2.75) is 30.7 Å². The first-order chi connectivity index (χ1) is 7.85. The molecule has 0 fully saturated rings. The largest absolute Gasteiger partial charge is 0.396 e. The molecule has 16 heavy (non-hydrogen) atoms. The standard InChI is InChI=1S/C12H14N2OS/c13-8-10-7-9-3-1-2-4-11(9)14-12(10)16-6-5-15/h7,15H,1-6H2. The van der Waals surface area contributed by atoms with E-state index < -0.39 is 0 Å². The van der Waals surface area contributed by atoms with E-state index >= 15 is 0 Å². The smallest absolute Gasteiger partial charge is 0.114 e. The Bertz CT molecular complexity index is 426. The third kappa shape index (κ3) is 2.37. The van der Waals surface area contributed by atoms with E-state index in [0.717, 1.165) is 23.6 Å². The molecule has 0 spiro atoms. The van der Waals surface area contributed by atoms with Gasteiger partial charge in [-0.2, -0.15) is 5.26 Å². The molecule has 0 radical (unpaired) electrons. The van der Waals surface area contributed by atoms with Crippen LogP contribution in [0, 0.1) is 11.3 Å². The number of fused-ring (bicyclic) bond motifs is 1. The highest BCUT2D eigenvalue weighted by molar-refractivity contribution is 7.99. The van der Waals surface area contributed by atoms with Crippen LogP contribution in [0.25, 0.3) is 0 Å². The lowest BCUT2D eigenvalue weighted by atomic mass is 9.95. The van der Waals surface area contributed by atoms with Crippen molar-refractivity contribution >= 4 is 11.8 Å². The molecular weight excluding hydrogens is 220 g/mol. The molecule has 4 heteroatoms. The lowest BCUT2D eigenvalue weighted by Gasteiger charge is -2.16. The summed E-state index contributed by atoms with van der Waals surface area (Å²) in [5.74, 6) is 0.598.